The molecule has 5 nitrogen and oxygen atoms in total. The minimum Gasteiger partial charge on any atom is -0.453 e. The largest absolute Gasteiger partial charge is 0.453 e. The van der Waals surface area contributed by atoms with E-state index in [-0.39, 0.29) is 5.97 Å². The molecule has 1 aromatic carbocycles. The molecule has 0 radical (unpaired) electrons. The molecule has 0 heterocycles. The molecule has 5 heteroatoms. The molecule has 1 N–H and O–H groups in total. The first kappa shape index (κ1) is 16.0. The molecule has 0 aliphatic heterocycles. The number of nitrogens with zero attached hydrogens (tertiary/aromatic N) is 1. The van der Waals surface area contributed by atoms with Gasteiger partial charge in [-0.25, -0.2) is 0 Å². The molecule has 0 spiro atoms. The van der Waals surface area contributed by atoms with Gasteiger partial charge < -0.3 is 10.1 Å². The molecule has 1 amide bonds. The Morgan fingerprint density at radius 1 is 1.41 bits per heavy atom. The summed E-state index contributed by atoms with van der Waals surface area (Å²) in [6, 6.07) is 8.61. The molecule has 1 aliphatic rings. The summed E-state index contributed by atoms with van der Waals surface area (Å²) in [5, 5.41) is 11.5. The van der Waals surface area contributed by atoms with Gasteiger partial charge in [0.25, 0.3) is 5.91 Å². The third-order valence-electron chi connectivity index (χ3n) is 3.87. The molecule has 0 saturated heterocycles. The minimum atomic E-state index is -0.848. The predicted molar refractivity (Wildman–Crippen MR) is 81.9 cm³/mol. The van der Waals surface area contributed by atoms with Crippen molar-refractivity contribution < 1.29 is 14.3 Å². The molecule has 1 saturated carbocycles. The zero-order valence-corrected chi connectivity index (χ0v) is 12.7. The number of rotatable bonds is 5. The van der Waals surface area contributed by atoms with Crippen LogP contribution in [0.5, 0.6) is 0 Å². The van der Waals surface area contributed by atoms with E-state index in [2.05, 4.69) is 5.32 Å². The Labute approximate surface area is 130 Å². The van der Waals surface area contributed by atoms with Gasteiger partial charge in [0, 0.05) is 12.1 Å². The number of hydrogen-bond donors (Lipinski definition) is 1. The van der Waals surface area contributed by atoms with Gasteiger partial charge >= 0.3 is 5.97 Å². The van der Waals surface area contributed by atoms with Gasteiger partial charge in [0.1, 0.15) is 0 Å². The predicted octanol–water partition coefficient (Wildman–Crippen LogP) is 3.01. The molecular weight excluding hydrogens is 280 g/mol. The van der Waals surface area contributed by atoms with Crippen LogP contribution in [0.25, 0.3) is 0 Å². The third kappa shape index (κ3) is 4.59. The summed E-state index contributed by atoms with van der Waals surface area (Å²) in [6.45, 7) is 1.55. The van der Waals surface area contributed by atoms with Gasteiger partial charge in [0.05, 0.1) is 11.6 Å². The van der Waals surface area contributed by atoms with Gasteiger partial charge in [0.15, 0.2) is 6.10 Å². The molecule has 0 bridgehead atoms. The van der Waals surface area contributed by atoms with Crippen molar-refractivity contribution in [1.29, 1.82) is 5.26 Å². The van der Waals surface area contributed by atoms with E-state index in [4.69, 9.17) is 10.00 Å². The second-order valence-electron chi connectivity index (χ2n) is 5.67. The van der Waals surface area contributed by atoms with E-state index in [0.29, 0.717) is 23.6 Å². The number of hydrogen-bond acceptors (Lipinski definition) is 4. The summed E-state index contributed by atoms with van der Waals surface area (Å²) in [5.41, 5.74) is 0.978. The molecule has 0 unspecified atom stereocenters. The van der Waals surface area contributed by atoms with Crippen LogP contribution in [0.1, 0.15) is 44.6 Å². The molecule has 1 atom stereocenters. The molecule has 1 fully saturated rings. The van der Waals surface area contributed by atoms with E-state index < -0.39 is 12.0 Å². The molecule has 116 valence electrons. The highest BCUT2D eigenvalue weighted by molar-refractivity contribution is 5.95. The van der Waals surface area contributed by atoms with Gasteiger partial charge in [-0.1, -0.05) is 18.9 Å². The molecule has 22 heavy (non-hydrogen) atoms. The average molecular weight is 300 g/mol. The van der Waals surface area contributed by atoms with Crippen LogP contribution in [-0.4, -0.2) is 18.0 Å². The van der Waals surface area contributed by atoms with Crippen molar-refractivity contribution in [2.45, 2.75) is 45.1 Å². The lowest BCUT2D eigenvalue weighted by Gasteiger charge is -2.15. The van der Waals surface area contributed by atoms with Crippen molar-refractivity contribution in [1.82, 2.24) is 0 Å². The Morgan fingerprint density at radius 3 is 2.82 bits per heavy atom. The van der Waals surface area contributed by atoms with Crippen LogP contribution < -0.4 is 5.32 Å². The molecule has 0 aromatic heterocycles. The first-order valence-corrected chi connectivity index (χ1v) is 7.59. The fraction of sp³-hybridized carbons (Fsp3) is 0.471. The van der Waals surface area contributed by atoms with Crippen LogP contribution in [-0.2, 0) is 14.3 Å². The number of carbonyl (C=O) groups excluding carboxylic acids is 2. The minimum absolute atomic E-state index is 0.319. The fourth-order valence-electron chi connectivity index (χ4n) is 2.66. The van der Waals surface area contributed by atoms with Crippen LogP contribution in [0.4, 0.5) is 5.69 Å². The molecule has 1 aromatic rings. The standard InChI is InChI=1S/C17H20N2O3/c1-12(22-16(20)10-13-5-2-3-6-13)17(21)19-15-8-4-7-14(9-15)11-18/h4,7-9,12-13H,2-3,5-6,10H2,1H3,(H,19,21)/t12-/m0/s1. The zero-order valence-electron chi connectivity index (χ0n) is 12.7. The van der Waals surface area contributed by atoms with Crippen molar-refractivity contribution in [2.24, 2.45) is 5.92 Å². The number of carbonyl (C=O) groups is 2. The summed E-state index contributed by atoms with van der Waals surface area (Å²) in [6.07, 6.45) is 4.01. The van der Waals surface area contributed by atoms with E-state index in [9.17, 15) is 9.59 Å². The van der Waals surface area contributed by atoms with Crippen molar-refractivity contribution in [3.8, 4) is 6.07 Å². The van der Waals surface area contributed by atoms with Gasteiger partial charge in [-0.2, -0.15) is 5.26 Å². The van der Waals surface area contributed by atoms with Crippen LogP contribution >= 0.6 is 0 Å². The molecule has 2 rings (SSSR count). The maximum absolute atomic E-state index is 12.0. The van der Waals surface area contributed by atoms with Crippen molar-refractivity contribution >= 4 is 17.6 Å². The highest BCUT2D eigenvalue weighted by Gasteiger charge is 2.23. The second kappa shape index (κ2) is 7.60. The normalized spacial score (nSPS) is 15.8. The lowest BCUT2D eigenvalue weighted by molar-refractivity contribution is -0.154. The summed E-state index contributed by atoms with van der Waals surface area (Å²) in [4.78, 5) is 23.8. The Bertz CT molecular complexity index is 586. The first-order valence-electron chi connectivity index (χ1n) is 7.59. The van der Waals surface area contributed by atoms with Crippen LogP contribution in [0.15, 0.2) is 24.3 Å². The molecule has 1 aliphatic carbocycles. The van der Waals surface area contributed by atoms with Crippen molar-refractivity contribution in [3.63, 3.8) is 0 Å². The number of nitrogens with one attached hydrogen (secondary N) is 1. The van der Waals surface area contributed by atoms with Crippen LogP contribution in [0.2, 0.25) is 0 Å². The SMILES string of the molecule is C[C@H](OC(=O)CC1CCCC1)C(=O)Nc1cccc(C#N)c1. The van der Waals surface area contributed by atoms with Crippen LogP contribution in [0.3, 0.4) is 0 Å². The first-order chi connectivity index (χ1) is 10.6. The topological polar surface area (TPSA) is 79.2 Å². The van der Waals surface area contributed by atoms with E-state index in [1.165, 1.54) is 12.8 Å². The quantitative estimate of drug-likeness (QED) is 0.848. The lowest BCUT2D eigenvalue weighted by atomic mass is 10.0. The Morgan fingerprint density at radius 2 is 2.14 bits per heavy atom. The highest BCUT2D eigenvalue weighted by Crippen LogP contribution is 2.27. The van der Waals surface area contributed by atoms with E-state index in [1.807, 2.05) is 6.07 Å². The monoisotopic (exact) mass is 300 g/mol. The summed E-state index contributed by atoms with van der Waals surface area (Å²) in [5.74, 6) is -0.315. The van der Waals surface area contributed by atoms with Gasteiger partial charge in [-0.15, -0.1) is 0 Å². The summed E-state index contributed by atoms with van der Waals surface area (Å²) >= 11 is 0. The second-order valence-corrected chi connectivity index (χ2v) is 5.67. The van der Waals surface area contributed by atoms with E-state index >= 15 is 0 Å². The van der Waals surface area contributed by atoms with Gasteiger partial charge in [-0.05, 0) is 43.9 Å². The number of anilines is 1. The molecular formula is C17H20N2O3. The Kier molecular flexibility index (Phi) is 5.54. The maximum atomic E-state index is 12.0. The van der Waals surface area contributed by atoms with E-state index in [1.54, 1.807) is 31.2 Å². The van der Waals surface area contributed by atoms with Crippen LogP contribution in [0, 0.1) is 17.2 Å². The van der Waals surface area contributed by atoms with E-state index in [0.717, 1.165) is 12.8 Å². The van der Waals surface area contributed by atoms with Crippen molar-refractivity contribution in [2.75, 3.05) is 5.32 Å². The lowest BCUT2D eigenvalue weighted by Crippen LogP contribution is -2.30. The van der Waals surface area contributed by atoms with Gasteiger partial charge in [-0.3, -0.25) is 9.59 Å². The summed E-state index contributed by atoms with van der Waals surface area (Å²) < 4.78 is 5.19. The Balaban J connectivity index is 1.83. The smallest absolute Gasteiger partial charge is 0.306 e. The number of benzene rings is 1. The number of esters is 1. The van der Waals surface area contributed by atoms with Crippen molar-refractivity contribution in [3.05, 3.63) is 29.8 Å². The number of amides is 1. The Hall–Kier alpha value is -2.35. The van der Waals surface area contributed by atoms with Gasteiger partial charge in [0.2, 0.25) is 0 Å². The average Bonchev–Trinajstić information content (AvgIpc) is 3.00. The highest BCUT2D eigenvalue weighted by atomic mass is 16.5. The zero-order chi connectivity index (χ0) is 15.9. The number of nitriles is 1. The third-order valence-corrected chi connectivity index (χ3v) is 3.87. The summed E-state index contributed by atoms with van der Waals surface area (Å²) in [7, 11) is 0. The fourth-order valence-corrected chi connectivity index (χ4v) is 2.66. The number of ether oxygens (including phenoxy) is 1. The maximum Gasteiger partial charge on any atom is 0.306 e.